The molecule has 1 aliphatic carbocycles. The number of carbonyl (C=O) groups is 2. The first-order valence-corrected chi connectivity index (χ1v) is 25.0. The normalized spacial score (nSPS) is 22.8. The molecule has 14 nitrogen and oxygen atoms in total. The summed E-state index contributed by atoms with van der Waals surface area (Å²) >= 11 is 0. The van der Waals surface area contributed by atoms with Crippen LogP contribution in [0.2, 0.25) is 0 Å². The predicted octanol–water partition coefficient (Wildman–Crippen LogP) is 8.25. The topological polar surface area (TPSA) is 230 Å². The van der Waals surface area contributed by atoms with Gasteiger partial charge in [0.25, 0.3) is 0 Å². The SMILES string of the molecule is CC/C=C\C/C=C\C/C=C\C/C=C\C=C/C(O)C/C=C\CCC(=O)OC[C@H](COP(=O)(O)OC1[C@H](O)[C@H](O)C(O)[C@H](O)[C@H]1O)OC(=O)CCCCCCCCC/C=C\CCCCCC. The van der Waals surface area contributed by atoms with Crippen molar-refractivity contribution in [3.8, 4) is 0 Å². The highest BCUT2D eigenvalue weighted by atomic mass is 31.2. The average Bonchev–Trinajstić information content (AvgIpc) is 3.27. The van der Waals surface area contributed by atoms with Crippen LogP contribution in [0.15, 0.2) is 85.1 Å². The zero-order valence-electron chi connectivity index (χ0n) is 38.4. The molecular formula is C49H81O14P. The molecule has 366 valence electrons. The number of rotatable bonds is 37. The van der Waals surface area contributed by atoms with Crippen LogP contribution in [-0.4, -0.2) is 110 Å². The van der Waals surface area contributed by atoms with Gasteiger partial charge >= 0.3 is 19.8 Å². The van der Waals surface area contributed by atoms with Crippen LogP contribution in [0.4, 0.5) is 0 Å². The molecule has 0 saturated heterocycles. The number of unbranched alkanes of at least 4 members (excludes halogenated alkanes) is 11. The lowest BCUT2D eigenvalue weighted by atomic mass is 9.85. The summed E-state index contributed by atoms with van der Waals surface area (Å²) in [7, 11) is -5.17. The van der Waals surface area contributed by atoms with E-state index in [9.17, 15) is 49.7 Å². The van der Waals surface area contributed by atoms with Gasteiger partial charge in [0.05, 0.1) is 12.7 Å². The van der Waals surface area contributed by atoms with Gasteiger partial charge in [-0.2, -0.15) is 0 Å². The first kappa shape index (κ1) is 59.0. The highest BCUT2D eigenvalue weighted by molar-refractivity contribution is 7.47. The van der Waals surface area contributed by atoms with E-state index in [2.05, 4.69) is 62.5 Å². The van der Waals surface area contributed by atoms with Crippen LogP contribution in [0.5, 0.6) is 0 Å². The molecule has 64 heavy (non-hydrogen) atoms. The lowest BCUT2D eigenvalue weighted by Crippen LogP contribution is -2.64. The molecule has 0 spiro atoms. The second-order valence-electron chi connectivity index (χ2n) is 16.1. The largest absolute Gasteiger partial charge is 0.472 e. The van der Waals surface area contributed by atoms with Crippen molar-refractivity contribution in [1.29, 1.82) is 0 Å². The molecule has 0 amide bonds. The van der Waals surface area contributed by atoms with Gasteiger partial charge in [-0.1, -0.05) is 150 Å². The lowest BCUT2D eigenvalue weighted by Gasteiger charge is -2.41. The first-order valence-electron chi connectivity index (χ1n) is 23.5. The molecule has 0 aromatic rings. The van der Waals surface area contributed by atoms with E-state index in [0.29, 0.717) is 19.3 Å². The number of aliphatic hydroxyl groups is 6. The van der Waals surface area contributed by atoms with Crippen molar-refractivity contribution in [2.45, 2.75) is 198 Å². The number of carbonyl (C=O) groups excluding carboxylic acids is 2. The Bertz CT molecular complexity index is 1460. The third-order valence-electron chi connectivity index (χ3n) is 10.3. The Morgan fingerprint density at radius 3 is 1.72 bits per heavy atom. The molecule has 4 unspecified atom stereocenters. The zero-order valence-corrected chi connectivity index (χ0v) is 39.3. The maximum Gasteiger partial charge on any atom is 0.472 e. The summed E-state index contributed by atoms with van der Waals surface area (Å²) < 4.78 is 33.4. The summed E-state index contributed by atoms with van der Waals surface area (Å²) in [5.41, 5.74) is 0. The average molecular weight is 925 g/mol. The molecule has 0 radical (unpaired) electrons. The van der Waals surface area contributed by atoms with Crippen LogP contribution in [-0.2, 0) is 32.7 Å². The molecule has 9 atom stereocenters. The second-order valence-corrected chi connectivity index (χ2v) is 17.5. The number of allylic oxidation sites excluding steroid dienone is 12. The number of hydrogen-bond acceptors (Lipinski definition) is 13. The van der Waals surface area contributed by atoms with Crippen molar-refractivity contribution < 1.29 is 68.2 Å². The van der Waals surface area contributed by atoms with E-state index in [0.717, 1.165) is 77.0 Å². The Kier molecular flexibility index (Phi) is 35.2. The standard InChI is InChI=1S/C49H81O14P/c1-3-5-7-9-11-13-15-17-18-20-22-24-26-28-32-37-43(52)62-41(39-61-64(58,59)63-49-47(56)45(54)44(53)46(55)48(49)57)38-60-42(51)36-33-29-31-35-40(50)34-30-27-25-23-21-19-16-14-12-10-8-6-4-2/h6,8,12-15,19,21,25,27,29-31,34,40-41,44-50,53-57H,3-5,7,9-11,16-18,20,22-24,26,28,32-33,35-39H2,1-2H3,(H,58,59)/b8-6-,14-12-,15-13-,21-19-,27-25-,31-29-,34-30-/t40?,41-,44?,45-,46+,47-,48-,49?/m1/s1. The summed E-state index contributed by atoms with van der Waals surface area (Å²) in [4.78, 5) is 35.7. The minimum absolute atomic E-state index is 0.0443. The van der Waals surface area contributed by atoms with Gasteiger partial charge in [-0.3, -0.25) is 18.6 Å². The monoisotopic (exact) mass is 925 g/mol. The highest BCUT2D eigenvalue weighted by Gasteiger charge is 2.51. The van der Waals surface area contributed by atoms with E-state index in [1.54, 1.807) is 24.3 Å². The maximum absolute atomic E-state index is 12.8. The van der Waals surface area contributed by atoms with Crippen molar-refractivity contribution in [2.24, 2.45) is 0 Å². The van der Waals surface area contributed by atoms with Gasteiger partial charge in [0.15, 0.2) is 6.10 Å². The van der Waals surface area contributed by atoms with Gasteiger partial charge in [0, 0.05) is 12.8 Å². The molecule has 1 rings (SSSR count). The van der Waals surface area contributed by atoms with E-state index in [1.807, 2.05) is 12.2 Å². The Morgan fingerprint density at radius 2 is 1.11 bits per heavy atom. The van der Waals surface area contributed by atoms with Crippen LogP contribution >= 0.6 is 7.82 Å². The highest BCUT2D eigenvalue weighted by Crippen LogP contribution is 2.47. The van der Waals surface area contributed by atoms with Crippen LogP contribution in [0.25, 0.3) is 0 Å². The van der Waals surface area contributed by atoms with E-state index in [-0.39, 0.29) is 12.8 Å². The second kappa shape index (κ2) is 38.1. The lowest BCUT2D eigenvalue weighted by molar-refractivity contribution is -0.220. The van der Waals surface area contributed by atoms with Crippen molar-refractivity contribution in [2.75, 3.05) is 13.2 Å². The van der Waals surface area contributed by atoms with E-state index >= 15 is 0 Å². The molecule has 0 heterocycles. The Hall–Kier alpha value is -3.01. The number of esters is 2. The smallest absolute Gasteiger partial charge is 0.462 e. The van der Waals surface area contributed by atoms with Crippen molar-refractivity contribution in [3.63, 3.8) is 0 Å². The first-order chi connectivity index (χ1) is 30.8. The molecule has 0 aliphatic heterocycles. The third kappa shape index (κ3) is 30.2. The van der Waals surface area contributed by atoms with Crippen LogP contribution < -0.4 is 0 Å². The number of ether oxygens (including phenoxy) is 2. The fraction of sp³-hybridized carbons (Fsp3) is 0.673. The molecule has 1 fully saturated rings. The number of hydrogen-bond donors (Lipinski definition) is 7. The van der Waals surface area contributed by atoms with Crippen molar-refractivity contribution in [1.82, 2.24) is 0 Å². The molecule has 0 aromatic heterocycles. The van der Waals surface area contributed by atoms with E-state index in [4.69, 9.17) is 18.5 Å². The summed E-state index contributed by atoms with van der Waals surface area (Å²) in [5, 5.41) is 60.4. The van der Waals surface area contributed by atoms with Gasteiger partial charge < -0.3 is 45.0 Å². The van der Waals surface area contributed by atoms with Crippen molar-refractivity contribution in [3.05, 3.63) is 85.1 Å². The Labute approximate surface area is 382 Å². The molecule has 15 heteroatoms. The summed E-state index contributed by atoms with van der Waals surface area (Å²) in [6.45, 7) is 3.01. The fourth-order valence-electron chi connectivity index (χ4n) is 6.51. The minimum atomic E-state index is -5.17. The third-order valence-corrected chi connectivity index (χ3v) is 11.3. The van der Waals surface area contributed by atoms with E-state index < -0.39 is 81.8 Å². The quantitative estimate of drug-likeness (QED) is 0.0102. The summed E-state index contributed by atoms with van der Waals surface area (Å²) in [6.07, 6.45) is 32.3. The minimum Gasteiger partial charge on any atom is -0.462 e. The fourth-order valence-corrected chi connectivity index (χ4v) is 7.48. The van der Waals surface area contributed by atoms with Crippen LogP contribution in [0.1, 0.15) is 149 Å². The molecule has 0 aromatic carbocycles. The molecular weight excluding hydrogens is 843 g/mol. The van der Waals surface area contributed by atoms with Crippen molar-refractivity contribution >= 4 is 19.8 Å². The molecule has 1 saturated carbocycles. The molecule has 0 bridgehead atoms. The van der Waals surface area contributed by atoms with Gasteiger partial charge in [0.1, 0.15) is 43.2 Å². The summed E-state index contributed by atoms with van der Waals surface area (Å²) in [5.74, 6) is -1.29. The van der Waals surface area contributed by atoms with Gasteiger partial charge in [-0.25, -0.2) is 4.57 Å². The number of aliphatic hydroxyl groups excluding tert-OH is 6. The summed E-state index contributed by atoms with van der Waals surface area (Å²) in [6, 6.07) is 0. The molecule has 1 aliphatic rings. The number of phosphoric acid groups is 1. The Morgan fingerprint density at radius 1 is 0.578 bits per heavy atom. The van der Waals surface area contributed by atoms with Crippen LogP contribution in [0.3, 0.4) is 0 Å². The van der Waals surface area contributed by atoms with E-state index in [1.165, 1.54) is 25.7 Å². The van der Waals surface area contributed by atoms with Gasteiger partial charge in [0.2, 0.25) is 0 Å². The zero-order chi connectivity index (χ0) is 47.3. The van der Waals surface area contributed by atoms with Gasteiger partial charge in [-0.05, 0) is 70.6 Å². The van der Waals surface area contributed by atoms with Gasteiger partial charge in [-0.15, -0.1) is 0 Å². The van der Waals surface area contributed by atoms with Crippen LogP contribution in [0, 0.1) is 0 Å². The maximum atomic E-state index is 12.8. The number of phosphoric ester groups is 1. The molecule has 7 N–H and O–H groups in total. The predicted molar refractivity (Wildman–Crippen MR) is 250 cm³/mol. The Balaban J connectivity index is 2.56.